The van der Waals surface area contributed by atoms with E-state index in [1.165, 1.54) is 17.7 Å². The van der Waals surface area contributed by atoms with Gasteiger partial charge in [0.2, 0.25) is 0 Å². The molecule has 0 spiro atoms. The van der Waals surface area contributed by atoms with E-state index in [9.17, 15) is 0 Å². The van der Waals surface area contributed by atoms with Crippen molar-refractivity contribution in [2.45, 2.75) is 25.7 Å². The Kier molecular flexibility index (Phi) is 4.24. The van der Waals surface area contributed by atoms with Gasteiger partial charge in [-0.15, -0.1) is 11.3 Å². The van der Waals surface area contributed by atoms with E-state index in [4.69, 9.17) is 5.11 Å². The second-order valence-corrected chi connectivity index (χ2v) is 3.65. The summed E-state index contributed by atoms with van der Waals surface area (Å²) >= 11 is 1.82. The van der Waals surface area contributed by atoms with Gasteiger partial charge >= 0.3 is 0 Å². The first kappa shape index (κ1) is 8.75. The van der Waals surface area contributed by atoms with E-state index in [0.717, 1.165) is 12.8 Å². The lowest BCUT2D eigenvalue weighted by atomic mass is 10.2. The van der Waals surface area contributed by atoms with Crippen LogP contribution < -0.4 is 0 Å². The molecule has 0 aliphatic carbocycles. The van der Waals surface area contributed by atoms with Crippen molar-refractivity contribution in [3.63, 3.8) is 0 Å². The predicted octanol–water partition coefficient (Wildman–Crippen LogP) is 2.45. The Labute approximate surface area is 71.7 Å². The predicted molar refractivity (Wildman–Crippen MR) is 49.0 cm³/mol. The largest absolute Gasteiger partial charge is 0.396 e. The Morgan fingerprint density at radius 3 is 2.82 bits per heavy atom. The standard InChI is InChI=1S/C9H14OS/c10-7-3-1-2-5-9-6-4-8-11-9/h4,6,8,10H,1-3,5,7H2. The second kappa shape index (κ2) is 5.33. The fourth-order valence-electron chi connectivity index (χ4n) is 1.04. The lowest BCUT2D eigenvalue weighted by Crippen LogP contribution is -1.85. The summed E-state index contributed by atoms with van der Waals surface area (Å²) in [6, 6.07) is 4.26. The first-order chi connectivity index (χ1) is 5.43. The maximum absolute atomic E-state index is 8.53. The van der Waals surface area contributed by atoms with Gasteiger partial charge in [0.05, 0.1) is 0 Å². The third-order valence-electron chi connectivity index (χ3n) is 1.66. The van der Waals surface area contributed by atoms with Crippen LogP contribution in [-0.4, -0.2) is 11.7 Å². The highest BCUT2D eigenvalue weighted by Crippen LogP contribution is 2.12. The van der Waals surface area contributed by atoms with Crippen LogP contribution in [0.4, 0.5) is 0 Å². The molecular weight excluding hydrogens is 156 g/mol. The number of hydrogen-bond donors (Lipinski definition) is 1. The molecule has 1 aromatic rings. The van der Waals surface area contributed by atoms with Crippen molar-refractivity contribution in [3.05, 3.63) is 22.4 Å². The molecule has 0 atom stereocenters. The Morgan fingerprint density at radius 1 is 1.27 bits per heavy atom. The van der Waals surface area contributed by atoms with Crippen molar-refractivity contribution in [1.29, 1.82) is 0 Å². The molecule has 0 amide bonds. The lowest BCUT2D eigenvalue weighted by molar-refractivity contribution is 0.283. The number of thiophene rings is 1. The third kappa shape index (κ3) is 3.54. The van der Waals surface area contributed by atoms with Crippen molar-refractivity contribution in [2.75, 3.05) is 6.61 Å². The molecule has 2 heteroatoms. The first-order valence-corrected chi connectivity index (χ1v) is 4.94. The number of aliphatic hydroxyl groups excluding tert-OH is 1. The van der Waals surface area contributed by atoms with Crippen molar-refractivity contribution < 1.29 is 5.11 Å². The van der Waals surface area contributed by atoms with Gasteiger partial charge in [0, 0.05) is 11.5 Å². The number of aliphatic hydroxyl groups is 1. The third-order valence-corrected chi connectivity index (χ3v) is 2.60. The molecule has 0 radical (unpaired) electrons. The Balaban J connectivity index is 2.04. The molecule has 0 aromatic carbocycles. The van der Waals surface area contributed by atoms with Gasteiger partial charge < -0.3 is 5.11 Å². The van der Waals surface area contributed by atoms with Crippen LogP contribution in [0.5, 0.6) is 0 Å². The van der Waals surface area contributed by atoms with Gasteiger partial charge in [-0.3, -0.25) is 0 Å². The summed E-state index contributed by atoms with van der Waals surface area (Å²) in [5, 5.41) is 10.6. The van der Waals surface area contributed by atoms with Gasteiger partial charge in [0.1, 0.15) is 0 Å². The highest BCUT2D eigenvalue weighted by atomic mass is 32.1. The number of hydrogen-bond acceptors (Lipinski definition) is 2. The molecule has 1 nitrogen and oxygen atoms in total. The zero-order chi connectivity index (χ0) is 7.94. The van der Waals surface area contributed by atoms with Gasteiger partial charge in [0.25, 0.3) is 0 Å². The van der Waals surface area contributed by atoms with E-state index in [2.05, 4.69) is 17.5 Å². The SMILES string of the molecule is OCCCCCc1cccs1. The average molecular weight is 170 g/mol. The van der Waals surface area contributed by atoms with Crippen molar-refractivity contribution in [1.82, 2.24) is 0 Å². The zero-order valence-corrected chi connectivity index (χ0v) is 7.44. The van der Waals surface area contributed by atoms with E-state index in [1.54, 1.807) is 0 Å². The van der Waals surface area contributed by atoms with Crippen LogP contribution in [0.2, 0.25) is 0 Å². The molecule has 0 saturated heterocycles. The van der Waals surface area contributed by atoms with Gasteiger partial charge in [-0.05, 0) is 30.7 Å². The molecule has 1 N–H and O–H groups in total. The molecule has 1 aromatic heterocycles. The normalized spacial score (nSPS) is 10.3. The van der Waals surface area contributed by atoms with Crippen molar-refractivity contribution in [2.24, 2.45) is 0 Å². The van der Waals surface area contributed by atoms with Crippen molar-refractivity contribution >= 4 is 11.3 Å². The van der Waals surface area contributed by atoms with Gasteiger partial charge in [-0.1, -0.05) is 12.5 Å². The summed E-state index contributed by atoms with van der Waals surface area (Å²) < 4.78 is 0. The fourth-order valence-corrected chi connectivity index (χ4v) is 1.79. The highest BCUT2D eigenvalue weighted by Gasteiger charge is 1.92. The van der Waals surface area contributed by atoms with Crippen LogP contribution in [0.3, 0.4) is 0 Å². The molecule has 0 unspecified atom stereocenters. The molecule has 62 valence electrons. The molecule has 11 heavy (non-hydrogen) atoms. The quantitative estimate of drug-likeness (QED) is 0.673. The lowest BCUT2D eigenvalue weighted by Gasteiger charge is -1.95. The summed E-state index contributed by atoms with van der Waals surface area (Å²) in [5.41, 5.74) is 0. The van der Waals surface area contributed by atoms with Crippen LogP contribution in [0.15, 0.2) is 17.5 Å². The van der Waals surface area contributed by atoms with E-state index < -0.39 is 0 Å². The van der Waals surface area contributed by atoms with Crippen LogP contribution in [-0.2, 0) is 6.42 Å². The van der Waals surface area contributed by atoms with Gasteiger partial charge in [-0.25, -0.2) is 0 Å². The minimum absolute atomic E-state index is 0.338. The van der Waals surface area contributed by atoms with Gasteiger partial charge in [0.15, 0.2) is 0 Å². The summed E-state index contributed by atoms with van der Waals surface area (Å²) in [4.78, 5) is 1.46. The smallest absolute Gasteiger partial charge is 0.0431 e. The fraction of sp³-hybridized carbons (Fsp3) is 0.556. The maximum Gasteiger partial charge on any atom is 0.0431 e. The molecule has 0 fully saturated rings. The number of aryl methyl sites for hydroxylation is 1. The summed E-state index contributed by atoms with van der Waals surface area (Å²) in [7, 11) is 0. The second-order valence-electron chi connectivity index (χ2n) is 2.61. The highest BCUT2D eigenvalue weighted by molar-refractivity contribution is 7.09. The molecule has 1 rings (SSSR count). The molecule has 0 saturated carbocycles. The first-order valence-electron chi connectivity index (χ1n) is 4.06. The monoisotopic (exact) mass is 170 g/mol. The minimum atomic E-state index is 0.338. The van der Waals surface area contributed by atoms with E-state index in [-0.39, 0.29) is 0 Å². The molecule has 0 aliphatic rings. The topological polar surface area (TPSA) is 20.2 Å². The average Bonchev–Trinajstić information content (AvgIpc) is 2.50. The maximum atomic E-state index is 8.53. The van der Waals surface area contributed by atoms with Crippen LogP contribution in [0, 0.1) is 0 Å². The molecule has 0 aliphatic heterocycles. The Bertz CT molecular complexity index is 170. The van der Waals surface area contributed by atoms with E-state index in [0.29, 0.717) is 6.61 Å². The van der Waals surface area contributed by atoms with Crippen LogP contribution in [0.1, 0.15) is 24.1 Å². The Morgan fingerprint density at radius 2 is 2.18 bits per heavy atom. The van der Waals surface area contributed by atoms with E-state index in [1.807, 2.05) is 11.3 Å². The summed E-state index contributed by atoms with van der Waals surface area (Å²) in [6.45, 7) is 0.338. The number of unbranched alkanes of at least 4 members (excludes halogenated alkanes) is 2. The summed E-state index contributed by atoms with van der Waals surface area (Å²) in [5.74, 6) is 0. The minimum Gasteiger partial charge on any atom is -0.396 e. The molecular formula is C9H14OS. The van der Waals surface area contributed by atoms with Gasteiger partial charge in [-0.2, -0.15) is 0 Å². The Hall–Kier alpha value is -0.340. The van der Waals surface area contributed by atoms with Crippen molar-refractivity contribution in [3.8, 4) is 0 Å². The van der Waals surface area contributed by atoms with E-state index >= 15 is 0 Å². The number of rotatable bonds is 5. The molecule has 0 bridgehead atoms. The van der Waals surface area contributed by atoms with Crippen LogP contribution in [0.25, 0.3) is 0 Å². The van der Waals surface area contributed by atoms with Crippen LogP contribution >= 0.6 is 11.3 Å². The zero-order valence-electron chi connectivity index (χ0n) is 6.62. The summed E-state index contributed by atoms with van der Waals surface area (Å²) in [6.07, 6.45) is 4.48. The molecule has 1 heterocycles.